The molecule has 0 atom stereocenters. The van der Waals surface area contributed by atoms with E-state index in [9.17, 15) is 0 Å². The Morgan fingerprint density at radius 3 is 1.90 bits per heavy atom. The Bertz CT molecular complexity index is 3420. The van der Waals surface area contributed by atoms with E-state index < -0.39 is 0 Å². The molecule has 12 rings (SSSR count). The number of hydrogen-bond donors (Lipinski definition) is 0. The van der Waals surface area contributed by atoms with Crippen LogP contribution in [0, 0.1) is 0 Å². The van der Waals surface area contributed by atoms with E-state index in [2.05, 4.69) is 204 Å². The average molecular weight is 785 g/mol. The van der Waals surface area contributed by atoms with Gasteiger partial charge in [0.05, 0.1) is 28.1 Å². The van der Waals surface area contributed by atoms with Crippen molar-refractivity contribution in [2.45, 2.75) is 38.0 Å². The number of aromatic nitrogens is 1. The van der Waals surface area contributed by atoms with Crippen LogP contribution in [0.15, 0.2) is 205 Å². The number of benzene rings is 9. The third-order valence-electron chi connectivity index (χ3n) is 13.2. The van der Waals surface area contributed by atoms with Gasteiger partial charge in [0.2, 0.25) is 0 Å². The van der Waals surface area contributed by atoms with E-state index in [1.807, 2.05) is 6.07 Å². The molecule has 1 aliphatic carbocycles. The molecule has 292 valence electrons. The van der Waals surface area contributed by atoms with Crippen LogP contribution in [0.4, 0.5) is 17.1 Å². The normalized spacial score (nSPS) is 13.5. The topological polar surface area (TPSA) is 21.3 Å². The Morgan fingerprint density at radius 2 is 1.05 bits per heavy atom. The Hall–Kier alpha value is -7.36. The first-order chi connectivity index (χ1) is 30.3. The molecule has 0 amide bonds. The van der Waals surface area contributed by atoms with Crippen molar-refractivity contribution in [1.29, 1.82) is 0 Å². The maximum absolute atomic E-state index is 6.33. The van der Waals surface area contributed by atoms with Crippen molar-refractivity contribution in [3.63, 3.8) is 0 Å². The molecular weight excluding hydrogens is 741 g/mol. The van der Waals surface area contributed by atoms with Crippen LogP contribution in [0.1, 0.15) is 43.6 Å². The second-order valence-corrected chi connectivity index (χ2v) is 16.6. The minimum Gasteiger partial charge on any atom is -0.456 e. The molecule has 0 bridgehead atoms. The highest BCUT2D eigenvalue weighted by molar-refractivity contribution is 6.18. The molecule has 0 aliphatic heterocycles. The van der Waals surface area contributed by atoms with Crippen molar-refractivity contribution in [3.8, 4) is 27.9 Å². The van der Waals surface area contributed by atoms with Crippen LogP contribution in [0.25, 0.3) is 82.5 Å². The molecule has 0 N–H and O–H groups in total. The molecule has 2 aromatic heterocycles. The number of furan rings is 1. The molecule has 0 unspecified atom stereocenters. The van der Waals surface area contributed by atoms with Gasteiger partial charge in [-0.15, -0.1) is 0 Å². The minimum absolute atomic E-state index is 0.564. The van der Waals surface area contributed by atoms with Gasteiger partial charge in [-0.3, -0.25) is 0 Å². The number of hydrogen-bond acceptors (Lipinski definition) is 2. The molecule has 1 aliphatic rings. The molecule has 11 aromatic rings. The van der Waals surface area contributed by atoms with E-state index in [0.717, 1.165) is 55.8 Å². The van der Waals surface area contributed by atoms with Crippen LogP contribution in [0.3, 0.4) is 0 Å². The van der Waals surface area contributed by atoms with E-state index in [1.165, 1.54) is 81.4 Å². The summed E-state index contributed by atoms with van der Waals surface area (Å²) in [6.07, 6.45) is 6.43. The first kappa shape index (κ1) is 35.6. The zero-order valence-corrected chi connectivity index (χ0v) is 34.0. The van der Waals surface area contributed by atoms with Crippen molar-refractivity contribution in [2.75, 3.05) is 4.90 Å². The summed E-state index contributed by atoms with van der Waals surface area (Å²) in [6.45, 7) is 0. The van der Waals surface area contributed by atoms with Crippen LogP contribution in [0.2, 0.25) is 0 Å². The minimum atomic E-state index is 0.564. The fourth-order valence-corrected chi connectivity index (χ4v) is 10.5. The number of anilines is 3. The van der Waals surface area contributed by atoms with E-state index >= 15 is 0 Å². The first-order valence-corrected chi connectivity index (χ1v) is 21.8. The second kappa shape index (κ2) is 14.7. The largest absolute Gasteiger partial charge is 0.456 e. The Kier molecular flexibility index (Phi) is 8.59. The van der Waals surface area contributed by atoms with Gasteiger partial charge in [-0.25, -0.2) is 0 Å². The summed E-state index contributed by atoms with van der Waals surface area (Å²) in [5.74, 6) is 0.564. The lowest BCUT2D eigenvalue weighted by Gasteiger charge is -2.31. The molecule has 1 fully saturated rings. The summed E-state index contributed by atoms with van der Waals surface area (Å²) in [7, 11) is 0. The van der Waals surface area contributed by atoms with Gasteiger partial charge < -0.3 is 13.9 Å². The fraction of sp³-hybridized carbons (Fsp3) is 0.103. The molecule has 1 saturated carbocycles. The van der Waals surface area contributed by atoms with Crippen LogP contribution in [-0.4, -0.2) is 4.57 Å². The maximum Gasteiger partial charge on any atom is 0.135 e. The standard InChI is InChI=1S/C58H44N2O/c1-3-18-39(19-4-1)44-28-15-20-40-21-16-29-47(57(40)44)45-25-8-12-31-51(45)60(50-30-11-7-24-43(50)41-36-37-56-49(38-41)46-26-10-14-35-55(46)61-56)54-34-17-33-53-58(54)48-27-9-13-32-52(48)59(53)42-22-5-2-6-23-42/h2,5-17,20-39H,1,3-4,18-19H2. The zero-order chi connectivity index (χ0) is 40.3. The lowest BCUT2D eigenvalue weighted by Crippen LogP contribution is -2.13. The van der Waals surface area contributed by atoms with Crippen molar-refractivity contribution < 1.29 is 4.42 Å². The average Bonchev–Trinajstić information content (AvgIpc) is 3.88. The quantitative estimate of drug-likeness (QED) is 0.161. The van der Waals surface area contributed by atoms with Gasteiger partial charge in [0.1, 0.15) is 11.2 Å². The van der Waals surface area contributed by atoms with Gasteiger partial charge in [-0.05, 0) is 107 Å². The van der Waals surface area contributed by atoms with E-state index in [-0.39, 0.29) is 0 Å². The Balaban J connectivity index is 1.16. The Morgan fingerprint density at radius 1 is 0.426 bits per heavy atom. The predicted octanol–water partition coefficient (Wildman–Crippen LogP) is 16.7. The monoisotopic (exact) mass is 784 g/mol. The molecule has 3 heteroatoms. The number of rotatable bonds is 7. The SMILES string of the molecule is c1ccc(-n2c3ccccc3c3c(N(c4ccccc4-c4ccc5oc6ccccc6c5c4)c4ccccc4-c4cccc5cccc(C6CCCCC6)c45)cccc32)cc1. The van der Waals surface area contributed by atoms with Crippen LogP contribution < -0.4 is 4.90 Å². The second-order valence-electron chi connectivity index (χ2n) is 16.6. The third kappa shape index (κ3) is 5.87. The highest BCUT2D eigenvalue weighted by Gasteiger charge is 2.27. The molecule has 2 heterocycles. The van der Waals surface area contributed by atoms with E-state index in [1.54, 1.807) is 0 Å². The zero-order valence-electron chi connectivity index (χ0n) is 34.0. The number of nitrogens with zero attached hydrogens (tertiary/aromatic N) is 2. The van der Waals surface area contributed by atoms with Gasteiger partial charge in [0.15, 0.2) is 0 Å². The molecule has 0 saturated heterocycles. The highest BCUT2D eigenvalue weighted by Crippen LogP contribution is 2.51. The first-order valence-electron chi connectivity index (χ1n) is 21.8. The smallest absolute Gasteiger partial charge is 0.135 e. The maximum atomic E-state index is 6.33. The molecule has 3 nitrogen and oxygen atoms in total. The van der Waals surface area contributed by atoms with E-state index in [4.69, 9.17) is 4.42 Å². The molecule has 0 spiro atoms. The van der Waals surface area contributed by atoms with Crippen LogP contribution >= 0.6 is 0 Å². The summed E-state index contributed by atoms with van der Waals surface area (Å²) in [4.78, 5) is 2.55. The predicted molar refractivity (Wildman–Crippen MR) is 257 cm³/mol. The fourth-order valence-electron chi connectivity index (χ4n) is 10.5. The van der Waals surface area contributed by atoms with Gasteiger partial charge >= 0.3 is 0 Å². The van der Waals surface area contributed by atoms with E-state index in [0.29, 0.717) is 5.92 Å². The lowest BCUT2D eigenvalue weighted by molar-refractivity contribution is 0.445. The number of para-hydroxylation sites is 5. The van der Waals surface area contributed by atoms with Crippen molar-refractivity contribution >= 4 is 71.6 Å². The molecular formula is C58H44N2O. The molecule has 61 heavy (non-hydrogen) atoms. The van der Waals surface area contributed by atoms with Gasteiger partial charge in [-0.1, -0.05) is 159 Å². The van der Waals surface area contributed by atoms with Crippen LogP contribution in [0.5, 0.6) is 0 Å². The van der Waals surface area contributed by atoms with Crippen molar-refractivity contribution in [2.24, 2.45) is 0 Å². The molecule has 9 aromatic carbocycles. The summed E-state index contributed by atoms with van der Waals surface area (Å²) in [5, 5.41) is 7.36. The lowest BCUT2D eigenvalue weighted by atomic mass is 9.80. The summed E-state index contributed by atoms with van der Waals surface area (Å²) in [6, 6.07) is 73.4. The van der Waals surface area contributed by atoms with Crippen molar-refractivity contribution in [3.05, 3.63) is 206 Å². The van der Waals surface area contributed by atoms with Gasteiger partial charge in [0.25, 0.3) is 0 Å². The summed E-state index contributed by atoms with van der Waals surface area (Å²) < 4.78 is 8.75. The summed E-state index contributed by atoms with van der Waals surface area (Å²) >= 11 is 0. The summed E-state index contributed by atoms with van der Waals surface area (Å²) in [5.41, 5.74) is 14.9. The Labute approximate surface area is 355 Å². The van der Waals surface area contributed by atoms with Crippen molar-refractivity contribution in [1.82, 2.24) is 4.57 Å². The third-order valence-corrected chi connectivity index (χ3v) is 13.2. The number of fused-ring (bicyclic) bond motifs is 7. The van der Waals surface area contributed by atoms with Gasteiger partial charge in [-0.2, -0.15) is 0 Å². The molecule has 0 radical (unpaired) electrons. The highest BCUT2D eigenvalue weighted by atomic mass is 16.3. The van der Waals surface area contributed by atoms with Crippen LogP contribution in [-0.2, 0) is 0 Å². The van der Waals surface area contributed by atoms with Gasteiger partial charge in [0, 0.05) is 38.4 Å².